The van der Waals surface area contributed by atoms with E-state index in [9.17, 15) is 5.11 Å². The van der Waals surface area contributed by atoms with Crippen molar-refractivity contribution in [2.45, 2.75) is 31.6 Å². The largest absolute Gasteiger partial charge is 0.467 e. The molecule has 1 fully saturated rings. The van der Waals surface area contributed by atoms with Crippen molar-refractivity contribution >= 4 is 11.5 Å². The molecule has 0 spiro atoms. The van der Waals surface area contributed by atoms with Crippen LogP contribution in [0.5, 0.6) is 0 Å². The molecule has 24 heavy (non-hydrogen) atoms. The fraction of sp³-hybridized carbons (Fsp3) is 0.500. The SMILES string of the molecule is CN1CCC(N2c3cccnc3N(Cc3ccco3)C2CO)CC1. The van der Waals surface area contributed by atoms with Gasteiger partial charge in [0.05, 0.1) is 25.1 Å². The number of aliphatic hydroxyl groups is 1. The molecule has 1 atom stereocenters. The van der Waals surface area contributed by atoms with Crippen LogP contribution in [0, 0.1) is 0 Å². The third kappa shape index (κ3) is 2.65. The Kier molecular flexibility index (Phi) is 4.16. The summed E-state index contributed by atoms with van der Waals surface area (Å²) in [6.45, 7) is 2.87. The number of likely N-dealkylation sites (tertiary alicyclic amines) is 1. The van der Waals surface area contributed by atoms with Crippen LogP contribution in [-0.4, -0.2) is 53.9 Å². The molecule has 0 saturated carbocycles. The van der Waals surface area contributed by atoms with Gasteiger partial charge in [0.1, 0.15) is 11.9 Å². The molecule has 4 heterocycles. The number of aliphatic hydroxyl groups excluding tert-OH is 1. The van der Waals surface area contributed by atoms with Crippen LogP contribution in [-0.2, 0) is 6.54 Å². The predicted octanol–water partition coefficient (Wildman–Crippen LogP) is 1.91. The molecule has 1 unspecified atom stereocenters. The average molecular weight is 328 g/mol. The average Bonchev–Trinajstić information content (AvgIpc) is 3.22. The van der Waals surface area contributed by atoms with Gasteiger partial charge >= 0.3 is 0 Å². The standard InChI is InChI=1S/C18H24N4O2/c1-20-9-6-14(7-10-20)22-16-5-2-8-19-18(16)21(17(22)13-23)12-15-4-3-11-24-15/h2-5,8,11,14,17,23H,6-7,9-10,12-13H2,1H3. The van der Waals surface area contributed by atoms with Crippen molar-refractivity contribution in [3.63, 3.8) is 0 Å². The van der Waals surface area contributed by atoms with Gasteiger partial charge in [0.15, 0.2) is 5.82 Å². The number of rotatable bonds is 4. The summed E-state index contributed by atoms with van der Waals surface area (Å²) in [4.78, 5) is 11.5. The third-order valence-corrected chi connectivity index (χ3v) is 5.15. The van der Waals surface area contributed by atoms with Crippen LogP contribution >= 0.6 is 0 Å². The lowest BCUT2D eigenvalue weighted by Crippen LogP contribution is -2.53. The van der Waals surface area contributed by atoms with Crippen LogP contribution in [0.4, 0.5) is 11.5 Å². The van der Waals surface area contributed by atoms with E-state index < -0.39 is 0 Å². The van der Waals surface area contributed by atoms with Gasteiger partial charge in [-0.25, -0.2) is 4.98 Å². The minimum absolute atomic E-state index is 0.0728. The van der Waals surface area contributed by atoms with Crippen LogP contribution < -0.4 is 9.80 Å². The molecule has 0 aliphatic carbocycles. The second-order valence-electron chi connectivity index (χ2n) is 6.66. The summed E-state index contributed by atoms with van der Waals surface area (Å²) in [5.74, 6) is 1.82. The first-order valence-corrected chi connectivity index (χ1v) is 8.59. The van der Waals surface area contributed by atoms with Crippen molar-refractivity contribution in [2.24, 2.45) is 0 Å². The Labute approximate surface area is 142 Å². The number of piperidine rings is 1. The Morgan fingerprint density at radius 1 is 1.25 bits per heavy atom. The molecule has 4 rings (SSSR count). The van der Waals surface area contributed by atoms with Gasteiger partial charge in [-0.3, -0.25) is 0 Å². The van der Waals surface area contributed by atoms with E-state index in [2.05, 4.69) is 32.8 Å². The maximum absolute atomic E-state index is 10.1. The Hall–Kier alpha value is -2.05. The van der Waals surface area contributed by atoms with Gasteiger partial charge in [0.25, 0.3) is 0 Å². The zero-order valence-corrected chi connectivity index (χ0v) is 14.0. The summed E-state index contributed by atoms with van der Waals surface area (Å²) in [7, 11) is 2.17. The topological polar surface area (TPSA) is 56.0 Å². The van der Waals surface area contributed by atoms with Gasteiger partial charge in [-0.15, -0.1) is 0 Å². The van der Waals surface area contributed by atoms with Gasteiger partial charge in [0, 0.05) is 12.2 Å². The molecular weight excluding hydrogens is 304 g/mol. The van der Waals surface area contributed by atoms with Crippen LogP contribution in [0.1, 0.15) is 18.6 Å². The number of hydrogen-bond donors (Lipinski definition) is 1. The van der Waals surface area contributed by atoms with Gasteiger partial charge < -0.3 is 24.2 Å². The molecule has 0 aromatic carbocycles. The zero-order chi connectivity index (χ0) is 16.5. The minimum atomic E-state index is -0.0894. The van der Waals surface area contributed by atoms with Crippen LogP contribution in [0.2, 0.25) is 0 Å². The molecule has 2 aromatic rings. The molecule has 2 aliphatic rings. The number of nitrogens with zero attached hydrogens (tertiary/aromatic N) is 4. The van der Waals surface area contributed by atoms with Crippen molar-refractivity contribution in [1.29, 1.82) is 0 Å². The van der Waals surface area contributed by atoms with E-state index in [0.717, 1.165) is 43.2 Å². The Morgan fingerprint density at radius 2 is 2.08 bits per heavy atom. The lowest BCUT2D eigenvalue weighted by Gasteiger charge is -2.40. The van der Waals surface area contributed by atoms with E-state index in [-0.39, 0.29) is 12.8 Å². The lowest BCUT2D eigenvalue weighted by molar-refractivity contribution is 0.216. The smallest absolute Gasteiger partial charge is 0.154 e. The Balaban J connectivity index is 1.66. The van der Waals surface area contributed by atoms with E-state index in [1.54, 1.807) is 6.26 Å². The highest BCUT2D eigenvalue weighted by atomic mass is 16.3. The second kappa shape index (κ2) is 6.45. The van der Waals surface area contributed by atoms with E-state index in [4.69, 9.17) is 4.42 Å². The fourth-order valence-corrected chi connectivity index (χ4v) is 3.91. The van der Waals surface area contributed by atoms with Gasteiger partial charge in [0.2, 0.25) is 0 Å². The fourth-order valence-electron chi connectivity index (χ4n) is 3.91. The molecule has 0 amide bonds. The number of furan rings is 1. The van der Waals surface area contributed by atoms with E-state index in [1.807, 2.05) is 24.4 Å². The molecule has 0 bridgehead atoms. The van der Waals surface area contributed by atoms with Gasteiger partial charge in [-0.2, -0.15) is 0 Å². The predicted molar refractivity (Wildman–Crippen MR) is 93.0 cm³/mol. The summed E-state index contributed by atoms with van der Waals surface area (Å²) in [5.41, 5.74) is 1.12. The second-order valence-corrected chi connectivity index (χ2v) is 6.66. The monoisotopic (exact) mass is 328 g/mol. The maximum atomic E-state index is 10.1. The maximum Gasteiger partial charge on any atom is 0.154 e. The normalized spacial score (nSPS) is 22.2. The molecule has 6 heteroatoms. The molecule has 0 radical (unpaired) electrons. The van der Waals surface area contributed by atoms with Crippen molar-refractivity contribution in [2.75, 3.05) is 36.5 Å². The molecule has 1 saturated heterocycles. The van der Waals surface area contributed by atoms with Crippen molar-refractivity contribution < 1.29 is 9.52 Å². The highest BCUT2D eigenvalue weighted by molar-refractivity contribution is 5.74. The highest BCUT2D eigenvalue weighted by Crippen LogP contribution is 2.41. The molecule has 1 N–H and O–H groups in total. The molecule has 2 aromatic heterocycles. The Bertz CT molecular complexity index is 667. The van der Waals surface area contributed by atoms with Crippen LogP contribution in [0.15, 0.2) is 41.1 Å². The van der Waals surface area contributed by atoms with E-state index in [1.165, 1.54) is 0 Å². The highest BCUT2D eigenvalue weighted by Gasteiger charge is 2.41. The number of anilines is 2. The lowest BCUT2D eigenvalue weighted by atomic mass is 10.0. The van der Waals surface area contributed by atoms with Crippen molar-refractivity contribution in [3.05, 3.63) is 42.5 Å². The first-order chi connectivity index (χ1) is 11.8. The zero-order valence-electron chi connectivity index (χ0n) is 14.0. The third-order valence-electron chi connectivity index (χ3n) is 5.15. The molecule has 2 aliphatic heterocycles. The van der Waals surface area contributed by atoms with E-state index >= 15 is 0 Å². The quantitative estimate of drug-likeness (QED) is 0.925. The van der Waals surface area contributed by atoms with E-state index in [0.29, 0.717) is 12.6 Å². The summed E-state index contributed by atoms with van der Waals surface area (Å²) < 4.78 is 5.52. The summed E-state index contributed by atoms with van der Waals surface area (Å²) in [6, 6.07) is 8.39. The van der Waals surface area contributed by atoms with Crippen molar-refractivity contribution in [1.82, 2.24) is 9.88 Å². The van der Waals surface area contributed by atoms with Gasteiger partial charge in [-0.05, 0) is 57.2 Å². The first-order valence-electron chi connectivity index (χ1n) is 8.59. The van der Waals surface area contributed by atoms with Crippen molar-refractivity contribution in [3.8, 4) is 0 Å². The number of hydrogen-bond acceptors (Lipinski definition) is 6. The molecule has 128 valence electrons. The summed E-state index contributed by atoms with van der Waals surface area (Å²) in [5, 5.41) is 10.1. The number of fused-ring (bicyclic) bond motifs is 1. The summed E-state index contributed by atoms with van der Waals surface area (Å²) >= 11 is 0. The first kappa shape index (κ1) is 15.5. The molecule has 6 nitrogen and oxygen atoms in total. The molecular formula is C18H24N4O2. The van der Waals surface area contributed by atoms with Crippen LogP contribution in [0.3, 0.4) is 0 Å². The summed E-state index contributed by atoms with van der Waals surface area (Å²) in [6.07, 6.45) is 5.63. The number of pyridine rings is 1. The van der Waals surface area contributed by atoms with Gasteiger partial charge in [-0.1, -0.05) is 0 Å². The Morgan fingerprint density at radius 3 is 2.79 bits per heavy atom. The van der Waals surface area contributed by atoms with Crippen LogP contribution in [0.25, 0.3) is 0 Å². The number of aromatic nitrogens is 1. The minimum Gasteiger partial charge on any atom is -0.467 e.